The van der Waals surface area contributed by atoms with Gasteiger partial charge in [-0.3, -0.25) is 10.1 Å². The van der Waals surface area contributed by atoms with Gasteiger partial charge in [0, 0.05) is 23.2 Å². The maximum absolute atomic E-state index is 11.3. The molecule has 0 amide bonds. The van der Waals surface area contributed by atoms with E-state index in [1.54, 1.807) is 24.8 Å². The zero-order valence-electron chi connectivity index (χ0n) is 10.9. The van der Waals surface area contributed by atoms with Crippen LogP contribution in [0.2, 0.25) is 0 Å². The molecule has 0 atom stereocenters. The molecule has 1 rings (SSSR count). The molecule has 19 heavy (non-hydrogen) atoms. The number of rotatable bonds is 5. The van der Waals surface area contributed by atoms with Crippen molar-refractivity contribution in [2.45, 2.75) is 26.3 Å². The lowest BCUT2D eigenvalue weighted by molar-refractivity contribution is -0.384. The van der Waals surface area contributed by atoms with Gasteiger partial charge in [0.25, 0.3) is 5.69 Å². The van der Waals surface area contributed by atoms with Crippen LogP contribution in [0.25, 0.3) is 0 Å². The van der Waals surface area contributed by atoms with Gasteiger partial charge < -0.3 is 10.0 Å². The molecule has 6 nitrogen and oxygen atoms in total. The summed E-state index contributed by atoms with van der Waals surface area (Å²) in [6.45, 7) is 5.48. The number of nitrogens with zero attached hydrogens (tertiary/aromatic N) is 2. The van der Waals surface area contributed by atoms with E-state index in [1.807, 2.05) is 6.92 Å². The molecule has 0 aliphatic rings. The summed E-state index contributed by atoms with van der Waals surface area (Å²) in [5, 5.41) is 20.0. The zero-order valence-corrected chi connectivity index (χ0v) is 12.5. The highest BCUT2D eigenvalue weighted by molar-refractivity contribution is 9.10. The molecule has 1 aromatic carbocycles. The van der Waals surface area contributed by atoms with Crippen LogP contribution < -0.4 is 4.90 Å². The predicted molar refractivity (Wildman–Crippen MR) is 75.5 cm³/mol. The number of nitro benzene ring substituents is 1. The van der Waals surface area contributed by atoms with Gasteiger partial charge in [0.1, 0.15) is 5.54 Å². The summed E-state index contributed by atoms with van der Waals surface area (Å²) >= 11 is 3.26. The molecule has 0 aliphatic heterocycles. The number of aliphatic carboxylic acids is 1. The minimum Gasteiger partial charge on any atom is -0.480 e. The van der Waals surface area contributed by atoms with Gasteiger partial charge in [-0.1, -0.05) is 0 Å². The van der Waals surface area contributed by atoms with Crippen LogP contribution in [0, 0.1) is 10.1 Å². The Hall–Kier alpha value is -1.63. The number of hydrogen-bond donors (Lipinski definition) is 1. The lowest BCUT2D eigenvalue weighted by Crippen LogP contribution is -2.50. The van der Waals surface area contributed by atoms with Gasteiger partial charge in [-0.25, -0.2) is 4.79 Å². The third-order valence-electron chi connectivity index (χ3n) is 2.95. The van der Waals surface area contributed by atoms with Gasteiger partial charge >= 0.3 is 5.97 Å². The number of non-ortho nitro benzene ring substituents is 1. The fraction of sp³-hybridized carbons (Fsp3) is 0.417. The highest BCUT2D eigenvalue weighted by Crippen LogP contribution is 2.34. The fourth-order valence-corrected chi connectivity index (χ4v) is 2.39. The van der Waals surface area contributed by atoms with Gasteiger partial charge in [-0.15, -0.1) is 0 Å². The van der Waals surface area contributed by atoms with Crippen LogP contribution in [0.1, 0.15) is 20.8 Å². The molecule has 0 spiro atoms. The van der Waals surface area contributed by atoms with Crippen LogP contribution in [0.4, 0.5) is 11.4 Å². The number of halogens is 1. The smallest absolute Gasteiger partial charge is 0.328 e. The Morgan fingerprint density at radius 1 is 1.53 bits per heavy atom. The van der Waals surface area contributed by atoms with Crippen molar-refractivity contribution in [3.05, 3.63) is 32.8 Å². The molecule has 0 heterocycles. The Bertz CT molecular complexity index is 516. The van der Waals surface area contributed by atoms with Crippen molar-refractivity contribution in [2.75, 3.05) is 11.4 Å². The zero-order chi connectivity index (χ0) is 14.8. The quantitative estimate of drug-likeness (QED) is 0.662. The summed E-state index contributed by atoms with van der Waals surface area (Å²) < 4.78 is 0.498. The first-order valence-corrected chi connectivity index (χ1v) is 6.46. The first kappa shape index (κ1) is 15.4. The molecule has 0 fully saturated rings. The van der Waals surface area contributed by atoms with E-state index >= 15 is 0 Å². The Kier molecular flexibility index (Phi) is 4.52. The van der Waals surface area contributed by atoms with Gasteiger partial charge in [0.2, 0.25) is 0 Å². The van der Waals surface area contributed by atoms with E-state index in [0.29, 0.717) is 16.7 Å². The van der Waals surface area contributed by atoms with E-state index in [2.05, 4.69) is 15.9 Å². The van der Waals surface area contributed by atoms with Crippen molar-refractivity contribution in [1.82, 2.24) is 0 Å². The number of carbonyl (C=O) groups is 1. The summed E-state index contributed by atoms with van der Waals surface area (Å²) in [5.41, 5.74) is -0.534. The van der Waals surface area contributed by atoms with Crippen molar-refractivity contribution in [1.29, 1.82) is 0 Å². The predicted octanol–water partition coefficient (Wildman–Crippen LogP) is 3.05. The molecular formula is C12H15BrN2O4. The maximum Gasteiger partial charge on any atom is 0.328 e. The van der Waals surface area contributed by atoms with Gasteiger partial charge in [-0.2, -0.15) is 0 Å². The van der Waals surface area contributed by atoms with E-state index < -0.39 is 16.4 Å². The maximum atomic E-state index is 11.3. The minimum atomic E-state index is -1.10. The van der Waals surface area contributed by atoms with Crippen LogP contribution in [0.15, 0.2) is 22.7 Å². The molecule has 7 heteroatoms. The van der Waals surface area contributed by atoms with Crippen LogP contribution in [-0.4, -0.2) is 28.1 Å². The molecule has 104 valence electrons. The van der Waals surface area contributed by atoms with Crippen LogP contribution >= 0.6 is 15.9 Å². The van der Waals surface area contributed by atoms with Gasteiger partial charge in [0.05, 0.1) is 10.6 Å². The molecule has 1 N–H and O–H groups in total. The second kappa shape index (κ2) is 5.56. The van der Waals surface area contributed by atoms with Gasteiger partial charge in [-0.05, 0) is 42.8 Å². The molecule has 0 aromatic heterocycles. The third kappa shape index (κ3) is 3.04. The molecule has 1 aromatic rings. The molecule has 0 saturated carbocycles. The van der Waals surface area contributed by atoms with Crippen molar-refractivity contribution < 1.29 is 14.8 Å². The van der Waals surface area contributed by atoms with E-state index in [1.165, 1.54) is 12.1 Å². The number of carboxylic acids is 1. The normalized spacial score (nSPS) is 11.2. The lowest BCUT2D eigenvalue weighted by Gasteiger charge is -2.36. The highest BCUT2D eigenvalue weighted by Gasteiger charge is 2.35. The molecular weight excluding hydrogens is 316 g/mol. The van der Waals surface area contributed by atoms with Crippen molar-refractivity contribution in [3.63, 3.8) is 0 Å². The van der Waals surface area contributed by atoms with Crippen molar-refractivity contribution in [2.24, 2.45) is 0 Å². The highest BCUT2D eigenvalue weighted by atomic mass is 79.9. The summed E-state index contributed by atoms with van der Waals surface area (Å²) in [7, 11) is 0. The first-order chi connectivity index (χ1) is 8.71. The van der Waals surface area contributed by atoms with Crippen LogP contribution in [0.5, 0.6) is 0 Å². The Labute approximate surface area is 119 Å². The Morgan fingerprint density at radius 3 is 2.47 bits per heavy atom. The standard InChI is InChI=1S/C12H15BrN2O4/c1-4-14(12(2,3)11(16)17)10-6-5-8(15(18)19)7-9(10)13/h5-7H,4H2,1-3H3,(H,16,17). The topological polar surface area (TPSA) is 83.7 Å². The Morgan fingerprint density at radius 2 is 2.11 bits per heavy atom. The molecule has 0 saturated heterocycles. The average Bonchev–Trinajstić information content (AvgIpc) is 2.31. The average molecular weight is 331 g/mol. The number of anilines is 1. The van der Waals surface area contributed by atoms with Crippen LogP contribution in [0.3, 0.4) is 0 Å². The van der Waals surface area contributed by atoms with Crippen molar-refractivity contribution in [3.8, 4) is 0 Å². The third-order valence-corrected chi connectivity index (χ3v) is 3.58. The summed E-state index contributed by atoms with van der Waals surface area (Å²) in [6.07, 6.45) is 0. The summed E-state index contributed by atoms with van der Waals surface area (Å²) in [6, 6.07) is 4.28. The Balaban J connectivity index is 3.27. The molecule has 0 radical (unpaired) electrons. The number of hydrogen-bond acceptors (Lipinski definition) is 4. The van der Waals surface area contributed by atoms with E-state index in [-0.39, 0.29) is 5.69 Å². The van der Waals surface area contributed by atoms with Crippen LogP contribution in [-0.2, 0) is 4.79 Å². The number of benzene rings is 1. The summed E-state index contributed by atoms with van der Waals surface area (Å²) in [5.74, 6) is -0.959. The van der Waals surface area contributed by atoms with E-state index in [4.69, 9.17) is 0 Å². The second-order valence-electron chi connectivity index (χ2n) is 4.50. The van der Waals surface area contributed by atoms with E-state index in [9.17, 15) is 20.0 Å². The number of likely N-dealkylation sites (N-methyl/N-ethyl adjacent to an activating group) is 1. The largest absolute Gasteiger partial charge is 0.480 e. The summed E-state index contributed by atoms with van der Waals surface area (Å²) in [4.78, 5) is 23.2. The second-order valence-corrected chi connectivity index (χ2v) is 5.36. The first-order valence-electron chi connectivity index (χ1n) is 5.66. The molecule has 0 aliphatic carbocycles. The molecule has 0 bridgehead atoms. The number of carboxylic acid groups (broad SMARTS) is 1. The lowest BCUT2D eigenvalue weighted by atomic mass is 10.0. The number of nitro groups is 1. The minimum absolute atomic E-state index is 0.0418. The van der Waals surface area contributed by atoms with Gasteiger partial charge in [0.15, 0.2) is 0 Å². The SMILES string of the molecule is CCN(c1ccc([N+](=O)[O-])cc1Br)C(C)(C)C(=O)O. The monoisotopic (exact) mass is 330 g/mol. The molecule has 0 unspecified atom stereocenters. The van der Waals surface area contributed by atoms with Crippen molar-refractivity contribution >= 4 is 33.3 Å². The van der Waals surface area contributed by atoms with E-state index in [0.717, 1.165) is 0 Å². The fourth-order valence-electron chi connectivity index (χ4n) is 1.81.